The maximum absolute atomic E-state index is 6.35. The highest BCUT2D eigenvalue weighted by atomic mass is 79.9. The number of nitrogens with zero attached hydrogens (tertiary/aromatic N) is 2. The minimum absolute atomic E-state index is 0.462. The molecule has 0 spiro atoms. The third-order valence-corrected chi connectivity index (χ3v) is 5.96. The second-order valence-corrected chi connectivity index (χ2v) is 6.98. The summed E-state index contributed by atoms with van der Waals surface area (Å²) in [5.74, 6) is 1.19. The van der Waals surface area contributed by atoms with Gasteiger partial charge in [0.2, 0.25) is 0 Å². The Labute approximate surface area is 138 Å². The molecule has 1 aliphatic heterocycles. The number of rotatable bonds is 3. The molecule has 21 heavy (non-hydrogen) atoms. The van der Waals surface area contributed by atoms with Gasteiger partial charge in [0.05, 0.1) is 10.2 Å². The highest BCUT2D eigenvalue weighted by molar-refractivity contribution is 9.10. The number of hydrogen-bond donors (Lipinski definition) is 0. The van der Waals surface area contributed by atoms with Gasteiger partial charge in [-0.1, -0.05) is 24.4 Å². The van der Waals surface area contributed by atoms with Crippen molar-refractivity contribution in [1.82, 2.24) is 9.97 Å². The van der Waals surface area contributed by atoms with Crippen LogP contribution in [0.1, 0.15) is 56.0 Å². The van der Waals surface area contributed by atoms with E-state index in [-0.39, 0.29) is 0 Å². The van der Waals surface area contributed by atoms with E-state index in [4.69, 9.17) is 26.1 Å². The molecule has 0 atom stereocenters. The first-order valence-corrected chi connectivity index (χ1v) is 8.70. The van der Waals surface area contributed by atoms with Crippen LogP contribution in [0.3, 0.4) is 0 Å². The van der Waals surface area contributed by atoms with Crippen LogP contribution >= 0.6 is 27.5 Å². The molecule has 4 nitrogen and oxygen atoms in total. The Bertz CT molecular complexity index is 515. The summed E-state index contributed by atoms with van der Waals surface area (Å²) in [6.45, 7) is 1.34. The number of methoxy groups -OCH3 is 1. The van der Waals surface area contributed by atoms with Gasteiger partial charge in [0.25, 0.3) is 0 Å². The molecule has 116 valence electrons. The smallest absolute Gasteiger partial charge is 0.162 e. The molecule has 0 N–H and O–H groups in total. The summed E-state index contributed by atoms with van der Waals surface area (Å²) in [4.78, 5) is 9.36. The standard InChI is InChI=1S/C15H20BrClN2O2/c1-20-15(6-8-21-9-7-15)14-18-12(10-4-2-3-5-10)11(16)13(17)19-14/h10H,2-9H2,1H3. The minimum Gasteiger partial charge on any atom is -0.381 e. The van der Waals surface area contributed by atoms with Gasteiger partial charge in [-0.2, -0.15) is 0 Å². The fourth-order valence-electron chi connectivity index (χ4n) is 3.33. The van der Waals surface area contributed by atoms with E-state index in [2.05, 4.69) is 20.9 Å². The van der Waals surface area contributed by atoms with Crippen LogP contribution in [0.25, 0.3) is 0 Å². The quantitative estimate of drug-likeness (QED) is 0.743. The van der Waals surface area contributed by atoms with Crippen LogP contribution in [0.2, 0.25) is 5.15 Å². The molecule has 3 rings (SSSR count). The molecule has 2 heterocycles. The van der Waals surface area contributed by atoms with Crippen LogP contribution in [0.5, 0.6) is 0 Å². The molecule has 1 aromatic rings. The van der Waals surface area contributed by atoms with Gasteiger partial charge in [0, 0.05) is 39.1 Å². The molecule has 2 fully saturated rings. The van der Waals surface area contributed by atoms with Gasteiger partial charge in [-0.05, 0) is 28.8 Å². The van der Waals surface area contributed by atoms with Gasteiger partial charge >= 0.3 is 0 Å². The Kier molecular flexibility index (Phi) is 4.84. The van der Waals surface area contributed by atoms with Crippen molar-refractivity contribution in [3.05, 3.63) is 21.1 Å². The Morgan fingerprint density at radius 1 is 1.24 bits per heavy atom. The first-order valence-electron chi connectivity index (χ1n) is 7.52. The molecular formula is C15H20BrClN2O2. The monoisotopic (exact) mass is 374 g/mol. The molecule has 6 heteroatoms. The van der Waals surface area contributed by atoms with Crippen molar-refractivity contribution in [2.75, 3.05) is 20.3 Å². The maximum atomic E-state index is 6.35. The second kappa shape index (κ2) is 6.49. The summed E-state index contributed by atoms with van der Waals surface area (Å²) in [6.07, 6.45) is 6.41. The van der Waals surface area contributed by atoms with E-state index in [0.717, 1.165) is 23.0 Å². The Morgan fingerprint density at radius 2 is 1.90 bits per heavy atom. The van der Waals surface area contributed by atoms with Gasteiger partial charge in [-0.3, -0.25) is 0 Å². The zero-order valence-corrected chi connectivity index (χ0v) is 14.5. The summed E-state index contributed by atoms with van der Waals surface area (Å²) in [7, 11) is 1.72. The van der Waals surface area contributed by atoms with Crippen LogP contribution in [0, 0.1) is 0 Å². The lowest BCUT2D eigenvalue weighted by Crippen LogP contribution is -2.37. The number of hydrogen-bond acceptors (Lipinski definition) is 4. The number of aromatic nitrogens is 2. The van der Waals surface area contributed by atoms with E-state index in [1.54, 1.807) is 7.11 Å². The summed E-state index contributed by atoms with van der Waals surface area (Å²) in [5.41, 5.74) is 0.584. The SMILES string of the molecule is COC1(c2nc(Cl)c(Br)c(C3CCCC3)n2)CCOCC1. The summed E-state index contributed by atoms with van der Waals surface area (Å²) in [6, 6.07) is 0. The van der Waals surface area contributed by atoms with Crippen molar-refractivity contribution in [3.63, 3.8) is 0 Å². The lowest BCUT2D eigenvalue weighted by Gasteiger charge is -2.34. The van der Waals surface area contributed by atoms with Crippen LogP contribution in [-0.4, -0.2) is 30.3 Å². The van der Waals surface area contributed by atoms with Crippen LogP contribution < -0.4 is 0 Å². The van der Waals surface area contributed by atoms with Crippen molar-refractivity contribution < 1.29 is 9.47 Å². The molecule has 2 aliphatic rings. The fraction of sp³-hybridized carbons (Fsp3) is 0.733. The van der Waals surface area contributed by atoms with Crippen molar-refractivity contribution in [1.29, 1.82) is 0 Å². The highest BCUT2D eigenvalue weighted by Crippen LogP contribution is 2.41. The average Bonchev–Trinajstić information content (AvgIpc) is 3.04. The largest absolute Gasteiger partial charge is 0.381 e. The Morgan fingerprint density at radius 3 is 2.52 bits per heavy atom. The average molecular weight is 376 g/mol. The molecule has 0 amide bonds. The van der Waals surface area contributed by atoms with Crippen molar-refractivity contribution >= 4 is 27.5 Å². The van der Waals surface area contributed by atoms with Gasteiger partial charge in [0.1, 0.15) is 10.8 Å². The summed E-state index contributed by atoms with van der Waals surface area (Å²) < 4.78 is 12.1. The molecule has 1 saturated heterocycles. The van der Waals surface area contributed by atoms with E-state index in [1.807, 2.05) is 0 Å². The van der Waals surface area contributed by atoms with Gasteiger partial charge < -0.3 is 9.47 Å². The van der Waals surface area contributed by atoms with Gasteiger partial charge in [0.15, 0.2) is 5.82 Å². The van der Waals surface area contributed by atoms with Crippen LogP contribution in [-0.2, 0) is 15.1 Å². The van der Waals surface area contributed by atoms with E-state index >= 15 is 0 Å². The first kappa shape index (κ1) is 15.7. The van der Waals surface area contributed by atoms with E-state index in [1.165, 1.54) is 25.7 Å². The van der Waals surface area contributed by atoms with E-state index in [9.17, 15) is 0 Å². The Hall–Kier alpha value is -0.230. The maximum Gasteiger partial charge on any atom is 0.162 e. The zero-order chi connectivity index (χ0) is 14.9. The predicted octanol–water partition coefficient (Wildman–Crippen LogP) is 4.20. The topological polar surface area (TPSA) is 44.2 Å². The molecule has 0 aromatic carbocycles. The van der Waals surface area contributed by atoms with Gasteiger partial charge in [-0.15, -0.1) is 0 Å². The van der Waals surface area contributed by atoms with Crippen LogP contribution in [0.4, 0.5) is 0 Å². The summed E-state index contributed by atoms with van der Waals surface area (Å²) >= 11 is 9.92. The normalized spacial score (nSPS) is 22.6. The molecule has 1 saturated carbocycles. The molecule has 1 aliphatic carbocycles. The molecule has 0 radical (unpaired) electrons. The van der Waals surface area contributed by atoms with Crippen molar-refractivity contribution in [2.45, 2.75) is 50.0 Å². The third-order valence-electron chi connectivity index (χ3n) is 4.68. The summed E-state index contributed by atoms with van der Waals surface area (Å²) in [5, 5.41) is 0.491. The Balaban J connectivity index is 2.01. The van der Waals surface area contributed by atoms with E-state index in [0.29, 0.717) is 30.1 Å². The molecule has 1 aromatic heterocycles. The van der Waals surface area contributed by atoms with Gasteiger partial charge in [-0.25, -0.2) is 9.97 Å². The molecule has 0 bridgehead atoms. The van der Waals surface area contributed by atoms with Crippen molar-refractivity contribution in [3.8, 4) is 0 Å². The predicted molar refractivity (Wildman–Crippen MR) is 84.7 cm³/mol. The third kappa shape index (κ3) is 2.98. The van der Waals surface area contributed by atoms with E-state index < -0.39 is 5.60 Å². The zero-order valence-electron chi connectivity index (χ0n) is 12.2. The second-order valence-electron chi connectivity index (χ2n) is 5.83. The lowest BCUT2D eigenvalue weighted by atomic mass is 9.92. The van der Waals surface area contributed by atoms with Crippen LogP contribution in [0.15, 0.2) is 4.47 Å². The molecular weight excluding hydrogens is 356 g/mol. The highest BCUT2D eigenvalue weighted by Gasteiger charge is 2.39. The molecule has 0 unspecified atom stereocenters. The minimum atomic E-state index is -0.462. The van der Waals surface area contributed by atoms with Crippen molar-refractivity contribution in [2.24, 2.45) is 0 Å². The fourth-order valence-corrected chi connectivity index (χ4v) is 4.01. The first-order chi connectivity index (χ1) is 10.2. The number of ether oxygens (including phenoxy) is 2. The lowest BCUT2D eigenvalue weighted by molar-refractivity contribution is -0.100. The number of halogens is 2.